The van der Waals surface area contributed by atoms with Gasteiger partial charge in [0, 0.05) is 16.4 Å². The first kappa shape index (κ1) is 24.7. The fourth-order valence-electron chi connectivity index (χ4n) is 11.2. The third-order valence-electron chi connectivity index (χ3n) is 12.5. The molecule has 1 aliphatic heterocycles. The van der Waals surface area contributed by atoms with Gasteiger partial charge in [-0.1, -0.05) is 109 Å². The van der Waals surface area contributed by atoms with Crippen molar-refractivity contribution < 1.29 is 4.74 Å². The largest absolute Gasteiger partial charge is 0.456 e. The molecule has 45 heavy (non-hydrogen) atoms. The van der Waals surface area contributed by atoms with E-state index >= 15 is 0 Å². The highest BCUT2D eigenvalue weighted by molar-refractivity contribution is 6.15. The van der Waals surface area contributed by atoms with Crippen molar-refractivity contribution in [1.82, 2.24) is 0 Å². The number of rotatable bonds is 2. The molecule has 6 aliphatic rings. The highest BCUT2D eigenvalue weighted by atomic mass is 16.5. The second-order valence-electron chi connectivity index (χ2n) is 14.4. The molecule has 0 radical (unpaired) electrons. The monoisotopic (exact) mass is 578 g/mol. The molecular weight excluding hydrogens is 544 g/mol. The zero-order valence-electron chi connectivity index (χ0n) is 25.3. The van der Waals surface area contributed by atoms with Crippen LogP contribution in [0.15, 0.2) is 121 Å². The van der Waals surface area contributed by atoms with Gasteiger partial charge in [0.2, 0.25) is 0 Å². The van der Waals surface area contributed by atoms with E-state index < -0.39 is 0 Å². The first-order chi connectivity index (χ1) is 22.3. The average Bonchev–Trinajstić information content (AvgIpc) is 3.38. The van der Waals surface area contributed by atoms with E-state index in [1.807, 2.05) is 0 Å². The van der Waals surface area contributed by atoms with Crippen molar-refractivity contribution in [2.45, 2.75) is 37.5 Å². The zero-order chi connectivity index (χ0) is 29.3. The molecule has 4 saturated carbocycles. The lowest BCUT2D eigenvalue weighted by Crippen LogP contribution is -2.55. The van der Waals surface area contributed by atoms with Gasteiger partial charge in [-0.15, -0.1) is 0 Å². The van der Waals surface area contributed by atoms with Crippen LogP contribution in [0.3, 0.4) is 0 Å². The van der Waals surface area contributed by atoms with Crippen LogP contribution in [0.25, 0.3) is 55.3 Å². The SMILES string of the molecule is c1ccc(-c2cc3c4c(cccc4c2-c2cccc4c2-c2ccccc2C42C4CC5CC(C4)CC2C5)-c2ccccc2O3)cc1. The summed E-state index contributed by atoms with van der Waals surface area (Å²) in [7, 11) is 0. The highest BCUT2D eigenvalue weighted by Gasteiger charge is 2.61. The minimum Gasteiger partial charge on any atom is -0.456 e. The molecular formula is C44H34O. The van der Waals surface area contributed by atoms with E-state index in [2.05, 4.69) is 121 Å². The van der Waals surface area contributed by atoms with Crippen LogP contribution in [-0.4, -0.2) is 0 Å². The summed E-state index contributed by atoms with van der Waals surface area (Å²) >= 11 is 0. The molecule has 6 aromatic carbocycles. The molecule has 0 saturated heterocycles. The molecule has 1 heteroatoms. The lowest BCUT2D eigenvalue weighted by Gasteiger charge is -2.61. The summed E-state index contributed by atoms with van der Waals surface area (Å²) in [6.07, 6.45) is 7.08. The zero-order valence-corrected chi connectivity index (χ0v) is 25.3. The van der Waals surface area contributed by atoms with Gasteiger partial charge in [-0.25, -0.2) is 0 Å². The highest BCUT2D eigenvalue weighted by Crippen LogP contribution is 2.70. The van der Waals surface area contributed by atoms with Gasteiger partial charge in [-0.05, 0) is 123 Å². The van der Waals surface area contributed by atoms with Gasteiger partial charge >= 0.3 is 0 Å². The summed E-state index contributed by atoms with van der Waals surface area (Å²) in [5.41, 5.74) is 13.9. The number of hydrogen-bond acceptors (Lipinski definition) is 1. The molecule has 5 aliphatic carbocycles. The topological polar surface area (TPSA) is 9.23 Å². The molecule has 4 bridgehead atoms. The van der Waals surface area contributed by atoms with Crippen LogP contribution >= 0.6 is 0 Å². The van der Waals surface area contributed by atoms with Crippen molar-refractivity contribution in [3.8, 4) is 56.0 Å². The van der Waals surface area contributed by atoms with Crippen molar-refractivity contribution >= 4 is 10.8 Å². The fourth-order valence-corrected chi connectivity index (χ4v) is 11.2. The van der Waals surface area contributed by atoms with Crippen molar-refractivity contribution in [1.29, 1.82) is 0 Å². The third kappa shape index (κ3) is 3.09. The van der Waals surface area contributed by atoms with Gasteiger partial charge in [0.1, 0.15) is 11.5 Å². The summed E-state index contributed by atoms with van der Waals surface area (Å²) in [6.45, 7) is 0. The van der Waals surface area contributed by atoms with Crippen molar-refractivity contribution in [2.24, 2.45) is 23.7 Å². The standard InChI is InChI=1S/C44H34O/c1-2-10-28(11-3-1)36-25-40-43-32(31-12-5-7-19-39(31)45-40)14-8-15-35(43)41(36)34-16-9-18-38-42(34)33-13-4-6-17-37(33)44(38)29-21-26-20-27(23-29)24-30(44)22-26/h1-19,25-27,29-30H,20-24H2. The Balaban J connectivity index is 1.26. The van der Waals surface area contributed by atoms with Crippen molar-refractivity contribution in [3.63, 3.8) is 0 Å². The molecule has 0 atom stereocenters. The summed E-state index contributed by atoms with van der Waals surface area (Å²) in [5.74, 6) is 5.26. The van der Waals surface area contributed by atoms with Crippen LogP contribution in [0.5, 0.6) is 11.5 Å². The Hall–Kier alpha value is -4.62. The molecule has 216 valence electrons. The molecule has 0 unspecified atom stereocenters. The smallest absolute Gasteiger partial charge is 0.136 e. The predicted molar refractivity (Wildman–Crippen MR) is 184 cm³/mol. The molecule has 0 N–H and O–H groups in total. The van der Waals surface area contributed by atoms with E-state index in [0.29, 0.717) is 0 Å². The quantitative estimate of drug-likeness (QED) is 0.198. The second-order valence-corrected chi connectivity index (χ2v) is 14.4. The van der Waals surface area contributed by atoms with Crippen LogP contribution in [0.4, 0.5) is 0 Å². The molecule has 1 nitrogen and oxygen atoms in total. The Labute approximate surface area is 264 Å². The van der Waals surface area contributed by atoms with Crippen LogP contribution in [0.2, 0.25) is 0 Å². The molecule has 0 amide bonds. The number of para-hydroxylation sites is 1. The van der Waals surface area contributed by atoms with E-state index in [9.17, 15) is 0 Å². The molecule has 1 heterocycles. The van der Waals surface area contributed by atoms with Crippen molar-refractivity contribution in [2.75, 3.05) is 0 Å². The van der Waals surface area contributed by atoms with Gasteiger partial charge in [-0.2, -0.15) is 0 Å². The summed E-state index contributed by atoms with van der Waals surface area (Å²) in [6, 6.07) is 45.5. The summed E-state index contributed by atoms with van der Waals surface area (Å²) in [4.78, 5) is 0. The summed E-state index contributed by atoms with van der Waals surface area (Å²) < 4.78 is 6.71. The number of hydrogen-bond donors (Lipinski definition) is 0. The molecule has 6 aromatic rings. The van der Waals surface area contributed by atoms with Crippen LogP contribution in [0, 0.1) is 23.7 Å². The maximum absolute atomic E-state index is 6.71. The Morgan fingerprint density at radius 3 is 1.93 bits per heavy atom. The van der Waals surface area contributed by atoms with Crippen LogP contribution < -0.4 is 4.74 Å². The number of benzene rings is 6. The Kier molecular flexibility index (Phi) is 4.80. The Morgan fingerprint density at radius 1 is 0.467 bits per heavy atom. The number of fused-ring (bicyclic) bond motifs is 5. The molecule has 1 spiro atoms. The van der Waals surface area contributed by atoms with Gasteiger partial charge in [0.15, 0.2) is 0 Å². The van der Waals surface area contributed by atoms with E-state index in [0.717, 1.165) is 35.2 Å². The third-order valence-corrected chi connectivity index (χ3v) is 12.5. The summed E-state index contributed by atoms with van der Waals surface area (Å²) in [5, 5.41) is 2.49. The lowest BCUT2D eigenvalue weighted by atomic mass is 9.43. The van der Waals surface area contributed by atoms with Crippen molar-refractivity contribution in [3.05, 3.63) is 132 Å². The average molecular weight is 579 g/mol. The maximum Gasteiger partial charge on any atom is 0.136 e. The lowest BCUT2D eigenvalue weighted by molar-refractivity contribution is -0.0399. The van der Waals surface area contributed by atoms with Crippen LogP contribution in [-0.2, 0) is 5.41 Å². The van der Waals surface area contributed by atoms with Gasteiger partial charge in [0.25, 0.3) is 0 Å². The van der Waals surface area contributed by atoms with E-state index in [4.69, 9.17) is 4.74 Å². The number of ether oxygens (including phenoxy) is 1. The molecule has 0 aromatic heterocycles. The maximum atomic E-state index is 6.71. The Morgan fingerprint density at radius 2 is 1.11 bits per heavy atom. The normalized spacial score (nSPS) is 26.0. The van der Waals surface area contributed by atoms with E-state index in [-0.39, 0.29) is 5.41 Å². The second kappa shape index (κ2) is 8.76. The predicted octanol–water partition coefficient (Wildman–Crippen LogP) is 11.7. The van der Waals surface area contributed by atoms with E-state index in [1.54, 1.807) is 11.1 Å². The first-order valence-electron chi connectivity index (χ1n) is 16.9. The van der Waals surface area contributed by atoms with Gasteiger partial charge < -0.3 is 4.74 Å². The fraction of sp³-hybridized carbons (Fsp3) is 0.227. The van der Waals surface area contributed by atoms with Gasteiger partial charge in [-0.3, -0.25) is 0 Å². The minimum atomic E-state index is 0.149. The van der Waals surface area contributed by atoms with Gasteiger partial charge in [0.05, 0.1) is 0 Å². The van der Waals surface area contributed by atoms with Crippen LogP contribution in [0.1, 0.15) is 43.2 Å². The first-order valence-corrected chi connectivity index (χ1v) is 16.9. The minimum absolute atomic E-state index is 0.149. The van der Waals surface area contributed by atoms with E-state index in [1.165, 1.54) is 87.4 Å². The molecule has 4 fully saturated rings. The molecule has 12 rings (SSSR count). The Bertz CT molecular complexity index is 2180.